The summed E-state index contributed by atoms with van der Waals surface area (Å²) in [6, 6.07) is 4.33. The molecule has 1 aromatic carbocycles. The van der Waals surface area contributed by atoms with Crippen molar-refractivity contribution < 1.29 is 32.6 Å². The standard InChI is InChI=1S/C28H32ClF3N6O4S/c1-2-19-4-3-7-38(19)15-22-24(17-10-18(29)12-20(11-17)42-28(30,31)32)35-27(43-22)36-25(39)21-13-34-23(14-33-21)37-8-5-16(6-9-37)26(40)41/h10-14,16,19,27,35H,2-9,15H2,1H3,(H,36,39)(H,40,41). The van der Waals surface area contributed by atoms with Crippen LogP contribution in [0.2, 0.25) is 5.02 Å². The van der Waals surface area contributed by atoms with E-state index in [2.05, 4.69) is 37.2 Å². The van der Waals surface area contributed by atoms with Gasteiger partial charge in [-0.05, 0) is 56.8 Å². The number of piperidine rings is 1. The molecule has 0 spiro atoms. The van der Waals surface area contributed by atoms with Crippen LogP contribution in [0.3, 0.4) is 0 Å². The maximum Gasteiger partial charge on any atom is 0.573 e. The van der Waals surface area contributed by atoms with E-state index in [9.17, 15) is 27.9 Å². The van der Waals surface area contributed by atoms with Crippen LogP contribution in [0.15, 0.2) is 35.5 Å². The molecule has 0 aliphatic carbocycles. The van der Waals surface area contributed by atoms with Gasteiger partial charge in [-0.3, -0.25) is 14.5 Å². The normalized spacial score (nSPS) is 21.7. The molecule has 3 aliphatic rings. The SMILES string of the molecule is CCC1CCCN1CC1=C(c2cc(Cl)cc(OC(F)(F)F)c2)NC(NC(=O)c2cnc(N3CCC(C(=O)O)CC3)cn2)S1. The second-order valence-electron chi connectivity index (χ2n) is 10.7. The molecule has 2 fully saturated rings. The minimum Gasteiger partial charge on any atom is -0.481 e. The minimum atomic E-state index is -4.87. The van der Waals surface area contributed by atoms with Gasteiger partial charge in [0.05, 0.1) is 24.0 Å². The van der Waals surface area contributed by atoms with Crippen LogP contribution in [0, 0.1) is 5.92 Å². The monoisotopic (exact) mass is 640 g/mol. The fourth-order valence-corrected chi connectivity index (χ4v) is 7.06. The molecule has 15 heteroatoms. The van der Waals surface area contributed by atoms with Crippen molar-refractivity contribution in [3.8, 4) is 5.75 Å². The number of halogens is 4. The first-order valence-electron chi connectivity index (χ1n) is 14.1. The Morgan fingerprint density at radius 1 is 1.16 bits per heavy atom. The number of thioether (sulfide) groups is 1. The third-order valence-corrected chi connectivity index (χ3v) is 9.13. The molecule has 2 atom stereocenters. The predicted octanol–water partition coefficient (Wildman–Crippen LogP) is 4.92. The molecule has 43 heavy (non-hydrogen) atoms. The first-order chi connectivity index (χ1) is 20.5. The maximum atomic E-state index is 13.1. The van der Waals surface area contributed by atoms with Crippen molar-refractivity contribution in [3.63, 3.8) is 0 Å². The first kappa shape index (κ1) is 31.2. The number of carbonyl (C=O) groups is 2. The van der Waals surface area contributed by atoms with Gasteiger partial charge in [0.1, 0.15) is 17.3 Å². The molecular weight excluding hydrogens is 609 g/mol. The average molecular weight is 641 g/mol. The van der Waals surface area contributed by atoms with Crippen LogP contribution in [-0.4, -0.2) is 75.9 Å². The number of rotatable bonds is 9. The number of amides is 1. The number of anilines is 1. The number of hydrogen-bond donors (Lipinski definition) is 3. The molecular formula is C28H32ClF3N6O4S. The van der Waals surface area contributed by atoms with Crippen molar-refractivity contribution in [2.24, 2.45) is 5.92 Å². The molecule has 0 saturated carbocycles. The summed E-state index contributed by atoms with van der Waals surface area (Å²) in [7, 11) is 0. The summed E-state index contributed by atoms with van der Waals surface area (Å²) in [5.41, 5.74) is 0.449. The molecule has 2 unspecified atom stereocenters. The lowest BCUT2D eigenvalue weighted by atomic mass is 9.97. The maximum absolute atomic E-state index is 13.1. The number of carbonyl (C=O) groups excluding carboxylic acids is 1. The summed E-state index contributed by atoms with van der Waals surface area (Å²) < 4.78 is 43.0. The van der Waals surface area contributed by atoms with Gasteiger partial charge in [0.15, 0.2) is 5.50 Å². The summed E-state index contributed by atoms with van der Waals surface area (Å²) in [6.07, 6.45) is 2.12. The number of likely N-dealkylation sites (tertiary alicyclic amines) is 1. The number of benzene rings is 1. The number of nitrogens with one attached hydrogen (secondary N) is 2. The van der Waals surface area contributed by atoms with E-state index >= 15 is 0 Å². The van der Waals surface area contributed by atoms with Crippen LogP contribution in [-0.2, 0) is 4.79 Å². The molecule has 232 valence electrons. The van der Waals surface area contributed by atoms with E-state index in [4.69, 9.17) is 11.6 Å². The van der Waals surface area contributed by atoms with Crippen LogP contribution in [0.5, 0.6) is 5.75 Å². The zero-order valence-electron chi connectivity index (χ0n) is 23.4. The lowest BCUT2D eigenvalue weighted by molar-refractivity contribution is -0.274. The molecule has 3 N–H and O–H groups in total. The van der Waals surface area contributed by atoms with Crippen LogP contribution >= 0.6 is 23.4 Å². The fourth-order valence-electron chi connectivity index (χ4n) is 5.67. The quantitative estimate of drug-likeness (QED) is 0.348. The van der Waals surface area contributed by atoms with E-state index in [0.29, 0.717) is 55.6 Å². The molecule has 0 bridgehead atoms. The largest absolute Gasteiger partial charge is 0.573 e. The van der Waals surface area contributed by atoms with Crippen molar-refractivity contribution in [3.05, 3.63) is 51.8 Å². The number of alkyl halides is 3. The summed E-state index contributed by atoms with van der Waals surface area (Å²) >= 11 is 7.56. The van der Waals surface area contributed by atoms with Gasteiger partial charge in [-0.25, -0.2) is 9.97 Å². The molecule has 1 amide bonds. The summed E-state index contributed by atoms with van der Waals surface area (Å²) in [5, 5.41) is 15.4. The molecule has 2 aromatic rings. The Balaban J connectivity index is 1.30. The van der Waals surface area contributed by atoms with Gasteiger partial charge in [-0.15, -0.1) is 13.2 Å². The highest BCUT2D eigenvalue weighted by Gasteiger charge is 2.34. The van der Waals surface area contributed by atoms with Crippen molar-refractivity contribution in [1.82, 2.24) is 25.5 Å². The predicted molar refractivity (Wildman–Crippen MR) is 157 cm³/mol. The Kier molecular flexibility index (Phi) is 9.57. The van der Waals surface area contributed by atoms with Gasteiger partial charge in [0.25, 0.3) is 5.91 Å². The zero-order valence-corrected chi connectivity index (χ0v) is 24.9. The van der Waals surface area contributed by atoms with E-state index in [1.54, 1.807) is 6.07 Å². The Morgan fingerprint density at radius 3 is 2.58 bits per heavy atom. The summed E-state index contributed by atoms with van der Waals surface area (Å²) in [6.45, 7) is 4.66. The Bertz CT molecular complexity index is 1370. The number of nitrogens with zero attached hydrogens (tertiary/aromatic N) is 4. The van der Waals surface area contributed by atoms with Crippen LogP contribution in [0.1, 0.15) is 55.1 Å². The lowest BCUT2D eigenvalue weighted by Gasteiger charge is -2.30. The van der Waals surface area contributed by atoms with Crippen LogP contribution < -0.4 is 20.3 Å². The topological polar surface area (TPSA) is 120 Å². The van der Waals surface area contributed by atoms with Gasteiger partial charge in [0, 0.05) is 41.2 Å². The summed E-state index contributed by atoms with van der Waals surface area (Å²) in [4.78, 5) is 38.1. The van der Waals surface area contributed by atoms with E-state index in [1.807, 2.05) is 4.90 Å². The third-order valence-electron chi connectivity index (χ3n) is 7.83. The second-order valence-corrected chi connectivity index (χ2v) is 12.3. The second kappa shape index (κ2) is 13.2. The van der Waals surface area contributed by atoms with Crippen molar-refractivity contribution in [1.29, 1.82) is 0 Å². The van der Waals surface area contributed by atoms with Crippen LogP contribution in [0.4, 0.5) is 19.0 Å². The van der Waals surface area contributed by atoms with Crippen molar-refractivity contribution in [2.45, 2.75) is 56.9 Å². The highest BCUT2D eigenvalue weighted by atomic mass is 35.5. The molecule has 2 saturated heterocycles. The third kappa shape index (κ3) is 7.84. The van der Waals surface area contributed by atoms with E-state index in [-0.39, 0.29) is 16.6 Å². The van der Waals surface area contributed by atoms with Gasteiger partial charge < -0.3 is 25.4 Å². The number of ether oxygens (including phenoxy) is 1. The number of aliphatic carboxylic acids is 1. The molecule has 1 aromatic heterocycles. The molecule has 0 radical (unpaired) electrons. The number of carboxylic acids is 1. The fraction of sp³-hybridized carbons (Fsp3) is 0.500. The van der Waals surface area contributed by atoms with Gasteiger partial charge in [-0.1, -0.05) is 30.3 Å². The Hall–Kier alpha value is -3.23. The van der Waals surface area contributed by atoms with Gasteiger partial charge >= 0.3 is 12.3 Å². The van der Waals surface area contributed by atoms with Crippen molar-refractivity contribution >= 4 is 46.8 Å². The molecule has 10 nitrogen and oxygen atoms in total. The van der Waals surface area contributed by atoms with Crippen molar-refractivity contribution in [2.75, 3.05) is 31.1 Å². The minimum absolute atomic E-state index is 0.0815. The van der Waals surface area contributed by atoms with Gasteiger partial charge in [0.2, 0.25) is 0 Å². The Morgan fingerprint density at radius 2 is 1.93 bits per heavy atom. The highest BCUT2D eigenvalue weighted by Crippen LogP contribution is 2.39. The number of carboxylic acid groups (broad SMARTS) is 1. The smallest absolute Gasteiger partial charge is 0.481 e. The highest BCUT2D eigenvalue weighted by molar-refractivity contribution is 8.04. The van der Waals surface area contributed by atoms with E-state index in [0.717, 1.165) is 36.8 Å². The molecule has 5 rings (SSSR count). The van der Waals surface area contributed by atoms with Gasteiger partial charge in [-0.2, -0.15) is 0 Å². The van der Waals surface area contributed by atoms with Crippen LogP contribution in [0.25, 0.3) is 5.70 Å². The number of hydrogen-bond acceptors (Lipinski definition) is 9. The first-order valence-corrected chi connectivity index (χ1v) is 15.3. The summed E-state index contributed by atoms with van der Waals surface area (Å²) in [5.74, 6) is -1.52. The zero-order chi connectivity index (χ0) is 30.7. The van der Waals surface area contributed by atoms with E-state index in [1.165, 1.54) is 30.2 Å². The molecule has 4 heterocycles. The number of aromatic nitrogens is 2. The molecule has 3 aliphatic heterocycles. The van der Waals surface area contributed by atoms with E-state index < -0.39 is 29.5 Å². The Labute approximate surface area is 256 Å². The average Bonchev–Trinajstić information content (AvgIpc) is 3.58. The lowest BCUT2D eigenvalue weighted by Crippen LogP contribution is -2.40.